The molecule has 3 heteroatoms. The number of aliphatic carboxylic acids is 1. The van der Waals surface area contributed by atoms with E-state index in [2.05, 4.69) is 13.8 Å². The van der Waals surface area contributed by atoms with Crippen molar-refractivity contribution in [3.05, 3.63) is 35.4 Å². The second-order valence-electron chi connectivity index (χ2n) is 4.85. The standard InChI is InChI=1S/C14H20O3/c1-14(2,17-3)9-8-11-4-6-12(7-5-11)10-13(15)16/h4-7H,8-10H2,1-3H3,(H,15,16). The monoisotopic (exact) mass is 236 g/mol. The number of aryl methyl sites for hydroxylation is 1. The van der Waals surface area contributed by atoms with E-state index in [9.17, 15) is 4.79 Å². The van der Waals surface area contributed by atoms with Crippen molar-refractivity contribution in [1.82, 2.24) is 0 Å². The first kappa shape index (κ1) is 13.7. The lowest BCUT2D eigenvalue weighted by Crippen LogP contribution is -2.22. The Morgan fingerprint density at radius 3 is 2.24 bits per heavy atom. The number of hydrogen-bond donors (Lipinski definition) is 1. The van der Waals surface area contributed by atoms with Crippen molar-refractivity contribution in [3.63, 3.8) is 0 Å². The summed E-state index contributed by atoms with van der Waals surface area (Å²) in [6.45, 7) is 4.12. The van der Waals surface area contributed by atoms with Gasteiger partial charge in [-0.25, -0.2) is 0 Å². The van der Waals surface area contributed by atoms with E-state index in [1.807, 2.05) is 24.3 Å². The maximum Gasteiger partial charge on any atom is 0.307 e. The molecule has 0 amide bonds. The summed E-state index contributed by atoms with van der Waals surface area (Å²) in [6, 6.07) is 7.74. The van der Waals surface area contributed by atoms with Crippen LogP contribution in [0, 0.1) is 0 Å². The van der Waals surface area contributed by atoms with Crippen LogP contribution in [0.15, 0.2) is 24.3 Å². The van der Waals surface area contributed by atoms with Crippen LogP contribution in [-0.4, -0.2) is 23.8 Å². The van der Waals surface area contributed by atoms with Crippen LogP contribution in [0.25, 0.3) is 0 Å². The fourth-order valence-corrected chi connectivity index (χ4v) is 1.55. The Morgan fingerprint density at radius 2 is 1.76 bits per heavy atom. The summed E-state index contributed by atoms with van der Waals surface area (Å²) >= 11 is 0. The van der Waals surface area contributed by atoms with Crippen molar-refractivity contribution >= 4 is 5.97 Å². The van der Waals surface area contributed by atoms with Crippen LogP contribution >= 0.6 is 0 Å². The quantitative estimate of drug-likeness (QED) is 0.826. The van der Waals surface area contributed by atoms with Crippen molar-refractivity contribution in [2.24, 2.45) is 0 Å². The van der Waals surface area contributed by atoms with E-state index in [1.54, 1.807) is 7.11 Å². The van der Waals surface area contributed by atoms with Gasteiger partial charge in [0, 0.05) is 7.11 Å². The van der Waals surface area contributed by atoms with Crippen LogP contribution in [0.2, 0.25) is 0 Å². The van der Waals surface area contributed by atoms with Crippen LogP contribution in [0.1, 0.15) is 31.4 Å². The molecule has 0 unspecified atom stereocenters. The summed E-state index contributed by atoms with van der Waals surface area (Å²) in [4.78, 5) is 10.5. The molecule has 0 aliphatic rings. The lowest BCUT2D eigenvalue weighted by atomic mass is 9.98. The van der Waals surface area contributed by atoms with E-state index in [0.29, 0.717) is 0 Å². The lowest BCUT2D eigenvalue weighted by molar-refractivity contribution is -0.136. The SMILES string of the molecule is COC(C)(C)CCc1ccc(CC(=O)O)cc1. The van der Waals surface area contributed by atoms with E-state index in [0.717, 1.165) is 18.4 Å². The molecule has 1 N–H and O–H groups in total. The predicted octanol–water partition coefficient (Wildman–Crippen LogP) is 2.67. The van der Waals surface area contributed by atoms with Gasteiger partial charge in [0.05, 0.1) is 12.0 Å². The normalized spacial score (nSPS) is 11.5. The molecule has 0 saturated carbocycles. The summed E-state index contributed by atoms with van der Waals surface area (Å²) in [5.74, 6) is -0.793. The highest BCUT2D eigenvalue weighted by Crippen LogP contribution is 2.17. The van der Waals surface area contributed by atoms with Crippen molar-refractivity contribution in [2.45, 2.75) is 38.7 Å². The Kier molecular flexibility index (Phi) is 4.70. The molecule has 1 aromatic rings. The number of carbonyl (C=O) groups is 1. The Balaban J connectivity index is 2.54. The molecule has 0 aliphatic carbocycles. The molecule has 0 spiro atoms. The second kappa shape index (κ2) is 5.82. The summed E-state index contributed by atoms with van der Waals surface area (Å²) in [6.07, 6.45) is 1.97. The largest absolute Gasteiger partial charge is 0.481 e. The first-order chi connectivity index (χ1) is 7.93. The highest BCUT2D eigenvalue weighted by Gasteiger charge is 2.15. The molecule has 94 valence electrons. The molecule has 0 aromatic heterocycles. The Labute approximate surface area is 102 Å². The minimum absolute atomic E-state index is 0.0871. The maximum absolute atomic E-state index is 10.5. The van der Waals surface area contributed by atoms with Gasteiger partial charge in [-0.05, 0) is 37.8 Å². The van der Waals surface area contributed by atoms with E-state index >= 15 is 0 Å². The molecule has 0 fully saturated rings. The molecule has 0 aliphatic heterocycles. The van der Waals surface area contributed by atoms with E-state index < -0.39 is 5.97 Å². The van der Waals surface area contributed by atoms with Gasteiger partial charge in [-0.2, -0.15) is 0 Å². The zero-order valence-electron chi connectivity index (χ0n) is 10.7. The topological polar surface area (TPSA) is 46.5 Å². The number of benzene rings is 1. The van der Waals surface area contributed by atoms with Gasteiger partial charge < -0.3 is 9.84 Å². The number of carboxylic acid groups (broad SMARTS) is 1. The maximum atomic E-state index is 10.5. The number of hydrogen-bond acceptors (Lipinski definition) is 2. The summed E-state index contributed by atoms with van der Waals surface area (Å²) < 4.78 is 5.36. The van der Waals surface area contributed by atoms with Crippen LogP contribution < -0.4 is 0 Å². The average Bonchev–Trinajstić information content (AvgIpc) is 2.28. The molecular weight excluding hydrogens is 216 g/mol. The summed E-state index contributed by atoms with van der Waals surface area (Å²) in [7, 11) is 1.72. The minimum Gasteiger partial charge on any atom is -0.481 e. The molecular formula is C14H20O3. The van der Waals surface area contributed by atoms with Gasteiger partial charge in [-0.3, -0.25) is 4.79 Å². The van der Waals surface area contributed by atoms with E-state index in [1.165, 1.54) is 5.56 Å². The smallest absolute Gasteiger partial charge is 0.307 e. The molecule has 1 rings (SSSR count). The first-order valence-electron chi connectivity index (χ1n) is 5.78. The molecule has 3 nitrogen and oxygen atoms in total. The lowest BCUT2D eigenvalue weighted by Gasteiger charge is -2.22. The molecule has 1 aromatic carbocycles. The Morgan fingerprint density at radius 1 is 1.24 bits per heavy atom. The van der Waals surface area contributed by atoms with Crippen LogP contribution in [0.4, 0.5) is 0 Å². The van der Waals surface area contributed by atoms with Crippen LogP contribution in [0.5, 0.6) is 0 Å². The third kappa shape index (κ3) is 5.00. The van der Waals surface area contributed by atoms with Gasteiger partial charge >= 0.3 is 5.97 Å². The zero-order valence-corrected chi connectivity index (χ0v) is 10.7. The van der Waals surface area contributed by atoms with Crippen molar-refractivity contribution < 1.29 is 14.6 Å². The first-order valence-corrected chi connectivity index (χ1v) is 5.78. The molecule has 0 bridgehead atoms. The van der Waals surface area contributed by atoms with Gasteiger partial charge in [0.1, 0.15) is 0 Å². The number of methoxy groups -OCH3 is 1. The number of carboxylic acids is 1. The second-order valence-corrected chi connectivity index (χ2v) is 4.85. The molecule has 0 atom stereocenters. The zero-order chi connectivity index (χ0) is 12.9. The minimum atomic E-state index is -0.793. The van der Waals surface area contributed by atoms with Crippen molar-refractivity contribution in [1.29, 1.82) is 0 Å². The molecule has 0 radical (unpaired) electrons. The Bertz CT molecular complexity index is 366. The van der Waals surface area contributed by atoms with Gasteiger partial charge in [-0.1, -0.05) is 24.3 Å². The summed E-state index contributed by atoms with van der Waals surface area (Å²) in [5.41, 5.74) is 1.94. The number of rotatable bonds is 6. The van der Waals surface area contributed by atoms with Gasteiger partial charge in [0.15, 0.2) is 0 Å². The molecule has 17 heavy (non-hydrogen) atoms. The highest BCUT2D eigenvalue weighted by atomic mass is 16.5. The Hall–Kier alpha value is -1.35. The van der Waals surface area contributed by atoms with Crippen molar-refractivity contribution in [2.75, 3.05) is 7.11 Å². The van der Waals surface area contributed by atoms with E-state index in [-0.39, 0.29) is 12.0 Å². The fraction of sp³-hybridized carbons (Fsp3) is 0.500. The van der Waals surface area contributed by atoms with Crippen molar-refractivity contribution in [3.8, 4) is 0 Å². The molecule has 0 saturated heterocycles. The average molecular weight is 236 g/mol. The van der Waals surface area contributed by atoms with Gasteiger partial charge in [-0.15, -0.1) is 0 Å². The van der Waals surface area contributed by atoms with Gasteiger partial charge in [0.25, 0.3) is 0 Å². The van der Waals surface area contributed by atoms with Crippen LogP contribution in [0.3, 0.4) is 0 Å². The number of ether oxygens (including phenoxy) is 1. The van der Waals surface area contributed by atoms with E-state index in [4.69, 9.17) is 9.84 Å². The third-order valence-electron chi connectivity index (χ3n) is 2.95. The third-order valence-corrected chi connectivity index (χ3v) is 2.95. The van der Waals surface area contributed by atoms with Gasteiger partial charge in [0.2, 0.25) is 0 Å². The molecule has 0 heterocycles. The summed E-state index contributed by atoms with van der Waals surface area (Å²) in [5, 5.41) is 8.66. The van der Waals surface area contributed by atoms with Crippen LogP contribution in [-0.2, 0) is 22.4 Å². The fourth-order valence-electron chi connectivity index (χ4n) is 1.55. The predicted molar refractivity (Wildman–Crippen MR) is 67.2 cm³/mol. The highest BCUT2D eigenvalue weighted by molar-refractivity contribution is 5.70.